The molecule has 3 aromatic rings. The lowest BCUT2D eigenvalue weighted by atomic mass is 10.1. The van der Waals surface area contributed by atoms with Gasteiger partial charge >= 0.3 is 6.18 Å². The van der Waals surface area contributed by atoms with Crippen molar-refractivity contribution < 1.29 is 22.7 Å². The number of aromatic nitrogens is 1. The zero-order valence-corrected chi connectivity index (χ0v) is 18.7. The number of carbonyl (C=O) groups is 1. The second kappa shape index (κ2) is 9.19. The van der Waals surface area contributed by atoms with Gasteiger partial charge < -0.3 is 14.2 Å². The number of halogens is 3. The molecule has 32 heavy (non-hydrogen) atoms. The number of ether oxygens (including phenoxy) is 1. The molecule has 0 radical (unpaired) electrons. The first-order chi connectivity index (χ1) is 15.2. The number of fused-ring (bicyclic) bond motifs is 1. The average Bonchev–Trinajstić information content (AvgIpc) is 3.09. The minimum Gasteiger partial charge on any atom is -0.372 e. The van der Waals surface area contributed by atoms with Crippen molar-refractivity contribution in [2.24, 2.45) is 0 Å². The van der Waals surface area contributed by atoms with Crippen LogP contribution in [0.5, 0.6) is 0 Å². The van der Waals surface area contributed by atoms with E-state index < -0.39 is 11.7 Å². The number of nitrogens with zero attached hydrogens (tertiary/aromatic N) is 2. The first-order valence-corrected chi connectivity index (χ1v) is 11.5. The number of alkyl halides is 3. The van der Waals surface area contributed by atoms with Gasteiger partial charge in [0.25, 0.3) is 0 Å². The van der Waals surface area contributed by atoms with Crippen LogP contribution in [0.1, 0.15) is 25.0 Å². The average molecular weight is 463 g/mol. The third-order valence-electron chi connectivity index (χ3n) is 5.48. The van der Waals surface area contributed by atoms with E-state index >= 15 is 0 Å². The Bertz CT molecular complexity index is 1100. The van der Waals surface area contributed by atoms with E-state index in [-0.39, 0.29) is 24.7 Å². The minimum atomic E-state index is -4.36. The Morgan fingerprint density at radius 3 is 2.53 bits per heavy atom. The molecule has 2 atom stereocenters. The van der Waals surface area contributed by atoms with Crippen LogP contribution in [-0.2, 0) is 28.0 Å². The zero-order valence-electron chi connectivity index (χ0n) is 17.9. The fourth-order valence-electron chi connectivity index (χ4n) is 4.08. The molecule has 1 aliphatic heterocycles. The van der Waals surface area contributed by atoms with Gasteiger partial charge in [-0.25, -0.2) is 0 Å². The highest BCUT2D eigenvalue weighted by atomic mass is 32.2. The number of amides is 1. The van der Waals surface area contributed by atoms with Gasteiger partial charge in [0.15, 0.2) is 0 Å². The number of hydrogen-bond donors (Lipinski definition) is 0. The zero-order chi connectivity index (χ0) is 22.9. The highest BCUT2D eigenvalue weighted by Gasteiger charge is 2.30. The second-order valence-corrected chi connectivity index (χ2v) is 9.20. The van der Waals surface area contributed by atoms with Crippen LogP contribution in [0.4, 0.5) is 13.2 Å². The number of thioether (sulfide) groups is 1. The summed E-state index contributed by atoms with van der Waals surface area (Å²) >= 11 is 1.47. The Hall–Kier alpha value is -2.45. The largest absolute Gasteiger partial charge is 0.416 e. The summed E-state index contributed by atoms with van der Waals surface area (Å²) in [6.07, 6.45) is -2.43. The summed E-state index contributed by atoms with van der Waals surface area (Å²) in [6, 6.07) is 13.2. The molecule has 0 saturated carbocycles. The first kappa shape index (κ1) is 22.7. The number of benzene rings is 2. The molecule has 0 unspecified atom stereocenters. The Balaban J connectivity index is 1.52. The van der Waals surface area contributed by atoms with Crippen LogP contribution in [-0.4, -0.2) is 40.7 Å². The third kappa shape index (κ3) is 5.13. The van der Waals surface area contributed by atoms with Crippen LogP contribution in [0.15, 0.2) is 59.6 Å². The maximum Gasteiger partial charge on any atom is 0.416 e. The van der Waals surface area contributed by atoms with E-state index in [2.05, 4.69) is 0 Å². The number of rotatable bonds is 5. The molecule has 1 aliphatic rings. The SMILES string of the molecule is C[C@@H]1CN(C(=O)Cn2cc(SCc3cccc(C(F)(F)F)c3)c3ccccc32)C[C@@H](C)O1. The highest BCUT2D eigenvalue weighted by molar-refractivity contribution is 7.98. The van der Waals surface area contributed by atoms with Gasteiger partial charge in [-0.3, -0.25) is 4.79 Å². The molecule has 4 rings (SSSR count). The second-order valence-electron chi connectivity index (χ2n) is 8.18. The molecular weight excluding hydrogens is 437 g/mol. The van der Waals surface area contributed by atoms with E-state index in [1.54, 1.807) is 6.07 Å². The lowest BCUT2D eigenvalue weighted by molar-refractivity contribution is -0.143. The summed E-state index contributed by atoms with van der Waals surface area (Å²) in [4.78, 5) is 15.7. The Morgan fingerprint density at radius 2 is 1.81 bits per heavy atom. The molecule has 1 fully saturated rings. The monoisotopic (exact) mass is 462 g/mol. The smallest absolute Gasteiger partial charge is 0.372 e. The Morgan fingerprint density at radius 1 is 1.09 bits per heavy atom. The van der Waals surface area contributed by atoms with Crippen LogP contribution in [0.3, 0.4) is 0 Å². The van der Waals surface area contributed by atoms with Gasteiger partial charge in [-0.2, -0.15) is 13.2 Å². The van der Waals surface area contributed by atoms with E-state index in [1.165, 1.54) is 23.9 Å². The van der Waals surface area contributed by atoms with Gasteiger partial charge in [-0.05, 0) is 31.5 Å². The van der Waals surface area contributed by atoms with E-state index in [0.717, 1.165) is 21.9 Å². The van der Waals surface area contributed by atoms with Crippen LogP contribution in [0.2, 0.25) is 0 Å². The van der Waals surface area contributed by atoms with E-state index in [9.17, 15) is 18.0 Å². The molecule has 4 nitrogen and oxygen atoms in total. The molecular formula is C24H25F3N2O2S. The van der Waals surface area contributed by atoms with Gasteiger partial charge in [0.2, 0.25) is 5.91 Å². The third-order valence-corrected chi connectivity index (χ3v) is 6.59. The molecule has 0 N–H and O–H groups in total. The van der Waals surface area contributed by atoms with Gasteiger partial charge in [-0.15, -0.1) is 11.8 Å². The normalized spacial score (nSPS) is 19.5. The molecule has 1 amide bonds. The van der Waals surface area contributed by atoms with Crippen LogP contribution >= 0.6 is 11.8 Å². The summed E-state index contributed by atoms with van der Waals surface area (Å²) in [7, 11) is 0. The number of morpholine rings is 1. The molecule has 2 heterocycles. The van der Waals surface area contributed by atoms with Gasteiger partial charge in [0.05, 0.1) is 17.8 Å². The van der Waals surface area contributed by atoms with Crippen molar-refractivity contribution in [3.05, 3.63) is 65.9 Å². The lowest BCUT2D eigenvalue weighted by Gasteiger charge is -2.35. The molecule has 0 bridgehead atoms. The van der Waals surface area contributed by atoms with Crippen molar-refractivity contribution >= 4 is 28.6 Å². The molecule has 170 valence electrons. The number of hydrogen-bond acceptors (Lipinski definition) is 3. The van der Waals surface area contributed by atoms with Crippen molar-refractivity contribution in [2.75, 3.05) is 13.1 Å². The number of para-hydroxylation sites is 1. The Kier molecular flexibility index (Phi) is 6.53. The van der Waals surface area contributed by atoms with Crippen LogP contribution in [0.25, 0.3) is 10.9 Å². The first-order valence-electron chi connectivity index (χ1n) is 10.5. The van der Waals surface area contributed by atoms with Crippen molar-refractivity contribution in [1.82, 2.24) is 9.47 Å². The number of carbonyl (C=O) groups excluding carboxylic acids is 1. The van der Waals surface area contributed by atoms with Crippen molar-refractivity contribution in [3.63, 3.8) is 0 Å². The highest BCUT2D eigenvalue weighted by Crippen LogP contribution is 2.34. The van der Waals surface area contributed by atoms with E-state index in [0.29, 0.717) is 24.4 Å². The molecule has 0 aliphatic carbocycles. The predicted molar refractivity (Wildman–Crippen MR) is 120 cm³/mol. The fourth-order valence-corrected chi connectivity index (χ4v) is 5.12. The molecule has 2 aromatic carbocycles. The van der Waals surface area contributed by atoms with Crippen molar-refractivity contribution in [1.29, 1.82) is 0 Å². The molecule has 8 heteroatoms. The maximum atomic E-state index is 13.0. The van der Waals surface area contributed by atoms with E-state index in [4.69, 9.17) is 4.74 Å². The predicted octanol–water partition coefficient (Wildman–Crippen LogP) is 5.59. The fraction of sp³-hybridized carbons (Fsp3) is 0.375. The molecule has 1 saturated heterocycles. The summed E-state index contributed by atoms with van der Waals surface area (Å²) in [5.41, 5.74) is 0.897. The summed E-state index contributed by atoms with van der Waals surface area (Å²) in [6.45, 7) is 5.27. The summed E-state index contributed by atoms with van der Waals surface area (Å²) in [5, 5.41) is 0.987. The van der Waals surface area contributed by atoms with Crippen LogP contribution < -0.4 is 0 Å². The minimum absolute atomic E-state index is 0.00249. The summed E-state index contributed by atoms with van der Waals surface area (Å²) in [5.74, 6) is 0.437. The Labute approximate surface area is 189 Å². The van der Waals surface area contributed by atoms with Gasteiger partial charge in [0.1, 0.15) is 6.54 Å². The quantitative estimate of drug-likeness (QED) is 0.464. The van der Waals surface area contributed by atoms with Crippen molar-refractivity contribution in [3.8, 4) is 0 Å². The van der Waals surface area contributed by atoms with Crippen LogP contribution in [0, 0.1) is 0 Å². The standard InChI is InChI=1S/C24H25F3N2O2S/c1-16-11-29(12-17(2)31-16)23(30)14-28-13-22(20-8-3-4-9-21(20)28)32-15-18-6-5-7-19(10-18)24(25,26)27/h3-10,13,16-17H,11-12,14-15H2,1-2H3/t16-,17-/m1/s1. The van der Waals surface area contributed by atoms with Gasteiger partial charge in [0, 0.05) is 40.8 Å². The summed E-state index contributed by atoms with van der Waals surface area (Å²) < 4.78 is 46.7. The molecule has 1 aromatic heterocycles. The van der Waals surface area contributed by atoms with E-state index in [1.807, 2.05) is 53.8 Å². The van der Waals surface area contributed by atoms with Crippen molar-refractivity contribution in [2.45, 2.75) is 49.4 Å². The maximum absolute atomic E-state index is 13.0. The van der Waals surface area contributed by atoms with Gasteiger partial charge in [-0.1, -0.05) is 36.4 Å². The molecule has 0 spiro atoms. The topological polar surface area (TPSA) is 34.5 Å². The lowest BCUT2D eigenvalue weighted by Crippen LogP contribution is -2.49.